The first-order valence-corrected chi connectivity index (χ1v) is 5.52. The van der Waals surface area contributed by atoms with Gasteiger partial charge in [-0.1, -0.05) is 0 Å². The summed E-state index contributed by atoms with van der Waals surface area (Å²) in [5.41, 5.74) is 9.82. The van der Waals surface area contributed by atoms with E-state index in [1.807, 2.05) is 24.7 Å². The van der Waals surface area contributed by atoms with Gasteiger partial charge in [0.05, 0.1) is 5.69 Å². The van der Waals surface area contributed by atoms with E-state index in [1.54, 1.807) is 12.3 Å². The van der Waals surface area contributed by atoms with Gasteiger partial charge in [0.1, 0.15) is 5.82 Å². The second kappa shape index (κ2) is 4.45. The second-order valence-electron chi connectivity index (χ2n) is 4.10. The molecular weight excluding hydrogens is 214 g/mol. The Hall–Kier alpha value is -2.04. The Morgan fingerprint density at radius 1 is 1.41 bits per heavy atom. The van der Waals surface area contributed by atoms with Crippen LogP contribution in [0, 0.1) is 13.8 Å². The maximum Gasteiger partial charge on any atom is 0.128 e. The van der Waals surface area contributed by atoms with E-state index in [9.17, 15) is 0 Å². The summed E-state index contributed by atoms with van der Waals surface area (Å²) in [6, 6.07) is 3.59. The highest BCUT2D eigenvalue weighted by Gasteiger charge is 2.08. The van der Waals surface area contributed by atoms with E-state index >= 15 is 0 Å². The number of anilines is 2. The van der Waals surface area contributed by atoms with Gasteiger partial charge in [-0.05, 0) is 19.9 Å². The molecule has 0 aliphatic heterocycles. The van der Waals surface area contributed by atoms with Gasteiger partial charge in [0.2, 0.25) is 0 Å². The lowest BCUT2D eigenvalue weighted by molar-refractivity contribution is 0.730. The van der Waals surface area contributed by atoms with E-state index in [2.05, 4.69) is 22.3 Å². The molecule has 0 aliphatic rings. The predicted octanol–water partition coefficient (Wildman–Crippen LogP) is 1.63. The molecular formula is C12H17N5. The third kappa shape index (κ3) is 2.38. The van der Waals surface area contributed by atoms with Gasteiger partial charge in [0.25, 0.3) is 0 Å². The highest BCUT2D eigenvalue weighted by molar-refractivity contribution is 5.48. The third-order valence-electron chi connectivity index (χ3n) is 2.89. The number of nitrogen functional groups attached to an aromatic ring is 1. The molecule has 5 nitrogen and oxygen atoms in total. The van der Waals surface area contributed by atoms with Crippen LogP contribution in [0.1, 0.15) is 17.0 Å². The van der Waals surface area contributed by atoms with Crippen molar-refractivity contribution >= 4 is 11.5 Å². The van der Waals surface area contributed by atoms with Crippen molar-refractivity contribution in [2.24, 2.45) is 7.05 Å². The third-order valence-corrected chi connectivity index (χ3v) is 2.89. The van der Waals surface area contributed by atoms with Crippen LogP contribution in [0.5, 0.6) is 0 Å². The van der Waals surface area contributed by atoms with E-state index in [0.29, 0.717) is 12.2 Å². The zero-order valence-electron chi connectivity index (χ0n) is 10.4. The standard InChI is InChI=1S/C12H17N5/c1-8-11(9(2)17(3)16-8)7-15-12-6-10(13)4-5-14-12/h4-6H,7H2,1-3H3,(H3,13,14,15). The normalized spacial score (nSPS) is 10.5. The second-order valence-corrected chi connectivity index (χ2v) is 4.10. The first kappa shape index (κ1) is 11.4. The Morgan fingerprint density at radius 2 is 2.18 bits per heavy atom. The molecule has 2 aromatic heterocycles. The molecule has 0 aliphatic carbocycles. The molecule has 0 saturated heterocycles. The van der Waals surface area contributed by atoms with E-state index in [-0.39, 0.29) is 0 Å². The van der Waals surface area contributed by atoms with Gasteiger partial charge in [-0.2, -0.15) is 5.10 Å². The SMILES string of the molecule is Cc1nn(C)c(C)c1CNc1cc(N)ccn1. The summed E-state index contributed by atoms with van der Waals surface area (Å²) >= 11 is 0. The maximum absolute atomic E-state index is 5.70. The molecule has 0 aromatic carbocycles. The molecule has 0 spiro atoms. The summed E-state index contributed by atoms with van der Waals surface area (Å²) < 4.78 is 1.89. The summed E-state index contributed by atoms with van der Waals surface area (Å²) in [6.45, 7) is 4.78. The van der Waals surface area contributed by atoms with Crippen molar-refractivity contribution in [3.63, 3.8) is 0 Å². The number of nitrogens with one attached hydrogen (secondary N) is 1. The highest BCUT2D eigenvalue weighted by atomic mass is 15.3. The molecule has 0 atom stereocenters. The number of nitrogens with two attached hydrogens (primary N) is 1. The smallest absolute Gasteiger partial charge is 0.128 e. The summed E-state index contributed by atoms with van der Waals surface area (Å²) in [5, 5.41) is 7.62. The molecule has 2 heterocycles. The minimum atomic E-state index is 0.710. The molecule has 2 rings (SSSR count). The van der Waals surface area contributed by atoms with Crippen molar-refractivity contribution in [2.45, 2.75) is 20.4 Å². The Balaban J connectivity index is 2.12. The molecule has 0 fully saturated rings. The molecule has 0 radical (unpaired) electrons. The van der Waals surface area contributed by atoms with Crippen molar-refractivity contribution in [3.05, 3.63) is 35.3 Å². The fourth-order valence-corrected chi connectivity index (χ4v) is 1.80. The van der Waals surface area contributed by atoms with Gasteiger partial charge in [-0.15, -0.1) is 0 Å². The number of aromatic nitrogens is 3. The number of nitrogens with zero attached hydrogens (tertiary/aromatic N) is 3. The van der Waals surface area contributed by atoms with E-state index in [4.69, 9.17) is 5.73 Å². The first-order chi connectivity index (χ1) is 8.08. The average molecular weight is 231 g/mol. The van der Waals surface area contributed by atoms with Crippen LogP contribution in [-0.2, 0) is 13.6 Å². The van der Waals surface area contributed by atoms with Gasteiger partial charge >= 0.3 is 0 Å². The number of rotatable bonds is 3. The molecule has 3 N–H and O–H groups in total. The molecule has 5 heteroatoms. The van der Waals surface area contributed by atoms with E-state index in [1.165, 1.54) is 11.3 Å². The van der Waals surface area contributed by atoms with Gasteiger partial charge in [0.15, 0.2) is 0 Å². The van der Waals surface area contributed by atoms with Crippen LogP contribution in [0.3, 0.4) is 0 Å². The predicted molar refractivity (Wildman–Crippen MR) is 68.7 cm³/mol. The number of pyridine rings is 1. The first-order valence-electron chi connectivity index (χ1n) is 5.52. The quantitative estimate of drug-likeness (QED) is 0.842. The van der Waals surface area contributed by atoms with E-state index in [0.717, 1.165) is 11.5 Å². The molecule has 90 valence electrons. The largest absolute Gasteiger partial charge is 0.399 e. The van der Waals surface area contributed by atoms with E-state index < -0.39 is 0 Å². The van der Waals surface area contributed by atoms with Crippen LogP contribution in [0.15, 0.2) is 18.3 Å². The van der Waals surface area contributed by atoms with Gasteiger partial charge in [-0.25, -0.2) is 4.98 Å². The van der Waals surface area contributed by atoms with Crippen molar-refractivity contribution in [3.8, 4) is 0 Å². The van der Waals surface area contributed by atoms with Crippen LogP contribution in [0.25, 0.3) is 0 Å². The lowest BCUT2D eigenvalue weighted by atomic mass is 10.2. The van der Waals surface area contributed by atoms with Crippen molar-refractivity contribution in [1.29, 1.82) is 0 Å². The minimum absolute atomic E-state index is 0.710. The lowest BCUT2D eigenvalue weighted by Crippen LogP contribution is -2.04. The van der Waals surface area contributed by atoms with Gasteiger partial charge < -0.3 is 11.1 Å². The van der Waals surface area contributed by atoms with Crippen LogP contribution in [0.2, 0.25) is 0 Å². The Morgan fingerprint density at radius 3 is 2.76 bits per heavy atom. The lowest BCUT2D eigenvalue weighted by Gasteiger charge is -2.06. The highest BCUT2D eigenvalue weighted by Crippen LogP contribution is 2.14. The van der Waals surface area contributed by atoms with Gasteiger partial charge in [-0.3, -0.25) is 4.68 Å². The zero-order valence-corrected chi connectivity index (χ0v) is 10.4. The maximum atomic E-state index is 5.70. The summed E-state index contributed by atoms with van der Waals surface area (Å²) in [5.74, 6) is 0.785. The number of hydrogen-bond donors (Lipinski definition) is 2. The molecule has 0 saturated carbocycles. The molecule has 17 heavy (non-hydrogen) atoms. The van der Waals surface area contributed by atoms with Crippen LogP contribution < -0.4 is 11.1 Å². The zero-order chi connectivity index (χ0) is 12.4. The van der Waals surface area contributed by atoms with Crippen molar-refractivity contribution < 1.29 is 0 Å². The van der Waals surface area contributed by atoms with Crippen molar-refractivity contribution in [2.75, 3.05) is 11.1 Å². The van der Waals surface area contributed by atoms with Crippen LogP contribution in [-0.4, -0.2) is 14.8 Å². The summed E-state index contributed by atoms with van der Waals surface area (Å²) in [4.78, 5) is 4.20. The fourth-order valence-electron chi connectivity index (χ4n) is 1.80. The average Bonchev–Trinajstić information content (AvgIpc) is 2.51. The van der Waals surface area contributed by atoms with Gasteiger partial charge in [0, 0.05) is 42.8 Å². The molecule has 2 aromatic rings. The molecule has 0 bridgehead atoms. The summed E-state index contributed by atoms with van der Waals surface area (Å²) in [7, 11) is 1.95. The van der Waals surface area contributed by atoms with Crippen molar-refractivity contribution in [1.82, 2.24) is 14.8 Å². The summed E-state index contributed by atoms with van der Waals surface area (Å²) in [6.07, 6.45) is 1.70. The van der Waals surface area contributed by atoms with Crippen LogP contribution in [0.4, 0.5) is 11.5 Å². The fraction of sp³-hybridized carbons (Fsp3) is 0.333. The Labute approximate surface area is 101 Å². The molecule has 0 unspecified atom stereocenters. The Kier molecular flexibility index (Phi) is 2.99. The topological polar surface area (TPSA) is 68.8 Å². The monoisotopic (exact) mass is 231 g/mol. The number of hydrogen-bond acceptors (Lipinski definition) is 4. The number of aryl methyl sites for hydroxylation is 2. The Bertz CT molecular complexity index is 530. The van der Waals surface area contributed by atoms with Crippen LogP contribution >= 0.6 is 0 Å². The molecule has 0 amide bonds. The minimum Gasteiger partial charge on any atom is -0.399 e.